The molecule has 0 radical (unpaired) electrons. The summed E-state index contributed by atoms with van der Waals surface area (Å²) in [7, 11) is 0. The summed E-state index contributed by atoms with van der Waals surface area (Å²) in [5.74, 6) is -1.24. The maximum absolute atomic E-state index is 12.3. The second kappa shape index (κ2) is 9.61. The van der Waals surface area contributed by atoms with Crippen LogP contribution in [0.5, 0.6) is 0 Å². The highest BCUT2D eigenvalue weighted by Crippen LogP contribution is 2.22. The number of nitro benzene ring substituents is 1. The van der Waals surface area contributed by atoms with Crippen LogP contribution >= 0.6 is 0 Å². The summed E-state index contributed by atoms with van der Waals surface area (Å²) >= 11 is 0. The normalized spacial score (nSPS) is 13.3. The number of benzene rings is 2. The number of fused-ring (bicyclic) bond motifs is 1. The van der Waals surface area contributed by atoms with Crippen molar-refractivity contribution < 1.29 is 24.1 Å². The fraction of sp³-hybridized carbons (Fsp3) is 0.238. The van der Waals surface area contributed by atoms with Gasteiger partial charge in [0.05, 0.1) is 16.1 Å². The number of nitro groups is 1. The molecule has 2 aromatic rings. The molecule has 31 heavy (non-hydrogen) atoms. The number of amidine groups is 1. The van der Waals surface area contributed by atoms with Crippen molar-refractivity contribution in [1.29, 1.82) is 0 Å². The fourth-order valence-corrected chi connectivity index (χ4v) is 3.11. The van der Waals surface area contributed by atoms with E-state index in [2.05, 4.69) is 5.16 Å². The van der Waals surface area contributed by atoms with Crippen molar-refractivity contribution in [3.63, 3.8) is 0 Å². The Morgan fingerprint density at radius 2 is 1.61 bits per heavy atom. The topological polar surface area (TPSA) is 145 Å². The van der Waals surface area contributed by atoms with Crippen LogP contribution in [0.4, 0.5) is 5.69 Å². The average Bonchev–Trinajstić information content (AvgIpc) is 3.02. The molecule has 2 aromatic carbocycles. The van der Waals surface area contributed by atoms with Gasteiger partial charge < -0.3 is 10.6 Å². The van der Waals surface area contributed by atoms with Crippen LogP contribution in [0, 0.1) is 10.1 Å². The van der Waals surface area contributed by atoms with Gasteiger partial charge >= 0.3 is 5.97 Å². The van der Waals surface area contributed by atoms with E-state index in [1.807, 2.05) is 0 Å². The Balaban J connectivity index is 1.38. The molecule has 0 aromatic heterocycles. The molecule has 160 valence electrons. The van der Waals surface area contributed by atoms with Crippen LogP contribution < -0.4 is 5.73 Å². The van der Waals surface area contributed by atoms with Crippen LogP contribution in [-0.4, -0.2) is 40.0 Å². The van der Waals surface area contributed by atoms with E-state index in [-0.39, 0.29) is 36.3 Å². The Kier molecular flexibility index (Phi) is 6.71. The summed E-state index contributed by atoms with van der Waals surface area (Å²) in [6, 6.07) is 12.1. The van der Waals surface area contributed by atoms with Gasteiger partial charge in [-0.3, -0.25) is 24.6 Å². The van der Waals surface area contributed by atoms with Crippen molar-refractivity contribution in [1.82, 2.24) is 4.90 Å². The number of carbonyl (C=O) groups excluding carboxylic acids is 3. The predicted octanol–water partition coefficient (Wildman–Crippen LogP) is 2.61. The van der Waals surface area contributed by atoms with Crippen molar-refractivity contribution in [2.45, 2.75) is 25.7 Å². The Labute approximate surface area is 177 Å². The Hall–Kier alpha value is -4.08. The van der Waals surface area contributed by atoms with Crippen molar-refractivity contribution >= 4 is 29.3 Å². The van der Waals surface area contributed by atoms with Crippen LogP contribution in [0.25, 0.3) is 0 Å². The number of oxime groups is 1. The zero-order valence-corrected chi connectivity index (χ0v) is 16.5. The van der Waals surface area contributed by atoms with Gasteiger partial charge in [-0.05, 0) is 37.1 Å². The minimum Gasteiger partial charge on any atom is -0.380 e. The number of non-ortho nitro benzene ring substituents is 1. The smallest absolute Gasteiger partial charge is 0.335 e. The molecule has 2 N–H and O–H groups in total. The number of hydrogen-bond donors (Lipinski definition) is 1. The van der Waals surface area contributed by atoms with Crippen molar-refractivity contribution in [2.24, 2.45) is 10.9 Å². The molecule has 3 rings (SSSR count). The number of unbranched alkanes of at least 4 members (excludes halogenated alkanes) is 2. The maximum Gasteiger partial charge on any atom is 0.335 e. The SMILES string of the molecule is N/C(=N\OC(=O)CCCCCN1C(=O)c2ccccc2C1=O)c1ccc([N+](=O)[O-])cc1. The van der Waals surface area contributed by atoms with Gasteiger partial charge in [-0.2, -0.15) is 0 Å². The van der Waals surface area contributed by atoms with Crippen LogP contribution in [0.15, 0.2) is 53.7 Å². The standard InChI is InChI=1S/C21H20N4O6/c22-19(14-9-11-15(12-10-14)25(29)30)23-31-18(26)8-2-1-5-13-24-20(27)16-6-3-4-7-17(16)21(24)28/h3-4,6-7,9-12H,1-2,5,8,13H2,(H2,22,23). The van der Waals surface area contributed by atoms with Gasteiger partial charge in [0.1, 0.15) is 0 Å². The van der Waals surface area contributed by atoms with E-state index in [4.69, 9.17) is 10.6 Å². The van der Waals surface area contributed by atoms with E-state index >= 15 is 0 Å². The first kappa shape index (κ1) is 21.6. The zero-order chi connectivity index (χ0) is 22.4. The zero-order valence-electron chi connectivity index (χ0n) is 16.5. The molecule has 0 fully saturated rings. The highest BCUT2D eigenvalue weighted by Gasteiger charge is 2.34. The van der Waals surface area contributed by atoms with Gasteiger partial charge in [0.15, 0.2) is 5.84 Å². The quantitative estimate of drug-likeness (QED) is 0.124. The van der Waals surface area contributed by atoms with Crippen LogP contribution in [-0.2, 0) is 9.63 Å². The third kappa shape index (κ3) is 5.10. The monoisotopic (exact) mass is 424 g/mol. The molecule has 10 nitrogen and oxygen atoms in total. The lowest BCUT2D eigenvalue weighted by Crippen LogP contribution is -2.30. The molecule has 0 spiro atoms. The van der Waals surface area contributed by atoms with Gasteiger partial charge in [-0.25, -0.2) is 4.79 Å². The first-order valence-electron chi connectivity index (χ1n) is 9.62. The second-order valence-electron chi connectivity index (χ2n) is 6.86. The Morgan fingerprint density at radius 3 is 2.19 bits per heavy atom. The number of carbonyl (C=O) groups is 3. The average molecular weight is 424 g/mol. The maximum atomic E-state index is 12.3. The van der Waals surface area contributed by atoms with Crippen LogP contribution in [0.2, 0.25) is 0 Å². The van der Waals surface area contributed by atoms with Gasteiger partial charge in [0.25, 0.3) is 17.5 Å². The molecule has 10 heteroatoms. The van der Waals surface area contributed by atoms with Gasteiger partial charge in [-0.15, -0.1) is 0 Å². The molecule has 0 atom stereocenters. The van der Waals surface area contributed by atoms with Crippen molar-refractivity contribution in [2.75, 3.05) is 6.54 Å². The lowest BCUT2D eigenvalue weighted by atomic mass is 10.1. The van der Waals surface area contributed by atoms with Gasteiger partial charge in [-0.1, -0.05) is 23.7 Å². The largest absolute Gasteiger partial charge is 0.380 e. The molecule has 1 aliphatic heterocycles. The van der Waals surface area contributed by atoms with E-state index in [0.717, 1.165) is 0 Å². The van der Waals surface area contributed by atoms with Crippen molar-refractivity contribution in [3.05, 3.63) is 75.3 Å². The van der Waals surface area contributed by atoms with E-state index < -0.39 is 10.9 Å². The second-order valence-corrected chi connectivity index (χ2v) is 6.86. The Morgan fingerprint density at radius 1 is 1.00 bits per heavy atom. The first-order valence-corrected chi connectivity index (χ1v) is 9.62. The van der Waals surface area contributed by atoms with E-state index in [9.17, 15) is 24.5 Å². The lowest BCUT2D eigenvalue weighted by molar-refractivity contribution is -0.384. The summed E-state index contributed by atoms with van der Waals surface area (Å²) in [6.07, 6.45) is 1.77. The van der Waals surface area contributed by atoms with Crippen LogP contribution in [0.3, 0.4) is 0 Å². The molecule has 0 aliphatic carbocycles. The van der Waals surface area contributed by atoms with E-state index in [1.165, 1.54) is 29.2 Å². The number of nitrogens with zero attached hydrogens (tertiary/aromatic N) is 3. The number of amides is 2. The molecule has 2 amide bonds. The third-order valence-electron chi connectivity index (χ3n) is 4.76. The summed E-state index contributed by atoms with van der Waals surface area (Å²) in [5.41, 5.74) is 6.84. The summed E-state index contributed by atoms with van der Waals surface area (Å²) in [4.78, 5) is 52.4. The van der Waals surface area contributed by atoms with E-state index in [0.29, 0.717) is 36.0 Å². The number of nitrogens with two attached hydrogens (primary N) is 1. The molecule has 1 heterocycles. The summed E-state index contributed by atoms with van der Waals surface area (Å²) < 4.78 is 0. The highest BCUT2D eigenvalue weighted by atomic mass is 16.7. The van der Waals surface area contributed by atoms with Gasteiger partial charge in [0.2, 0.25) is 0 Å². The highest BCUT2D eigenvalue weighted by molar-refractivity contribution is 6.21. The summed E-state index contributed by atoms with van der Waals surface area (Å²) in [6.45, 7) is 0.284. The number of imide groups is 1. The molecular weight excluding hydrogens is 404 g/mol. The van der Waals surface area contributed by atoms with E-state index in [1.54, 1.807) is 24.3 Å². The number of rotatable bonds is 9. The molecular formula is C21H20N4O6. The molecule has 0 saturated heterocycles. The number of hydrogen-bond acceptors (Lipinski definition) is 7. The first-order chi connectivity index (χ1) is 14.9. The molecule has 0 saturated carbocycles. The molecule has 1 aliphatic rings. The fourth-order valence-electron chi connectivity index (χ4n) is 3.11. The van der Waals surface area contributed by atoms with Crippen LogP contribution in [0.1, 0.15) is 52.0 Å². The predicted molar refractivity (Wildman–Crippen MR) is 110 cm³/mol. The molecule has 0 unspecified atom stereocenters. The minimum absolute atomic E-state index is 0.0751. The molecule has 0 bridgehead atoms. The summed E-state index contributed by atoms with van der Waals surface area (Å²) in [5, 5.41) is 14.2. The minimum atomic E-state index is -0.578. The Bertz CT molecular complexity index is 1010. The van der Waals surface area contributed by atoms with Gasteiger partial charge in [0, 0.05) is 30.7 Å². The lowest BCUT2D eigenvalue weighted by Gasteiger charge is -2.13. The van der Waals surface area contributed by atoms with Crippen molar-refractivity contribution in [3.8, 4) is 0 Å². The third-order valence-corrected chi connectivity index (χ3v) is 4.76.